The summed E-state index contributed by atoms with van der Waals surface area (Å²) in [6, 6.07) is 5.14. The van der Waals surface area contributed by atoms with Crippen molar-refractivity contribution in [3.8, 4) is 6.07 Å². The van der Waals surface area contributed by atoms with Gasteiger partial charge in [0, 0.05) is 5.69 Å². The van der Waals surface area contributed by atoms with Crippen molar-refractivity contribution in [2.45, 2.75) is 13.8 Å². The second kappa shape index (κ2) is 4.49. The van der Waals surface area contributed by atoms with Gasteiger partial charge in [-0.25, -0.2) is 4.79 Å². The van der Waals surface area contributed by atoms with Gasteiger partial charge in [-0.2, -0.15) is 5.26 Å². The van der Waals surface area contributed by atoms with E-state index in [-0.39, 0.29) is 5.57 Å². The molecule has 0 atom stereocenters. The average molecular weight is 216 g/mol. The van der Waals surface area contributed by atoms with Gasteiger partial charge >= 0.3 is 5.97 Å². The lowest BCUT2D eigenvalue weighted by Gasteiger charge is -2.06. The van der Waals surface area contributed by atoms with Crippen LogP contribution in [0.25, 0.3) is 6.08 Å². The molecule has 0 spiro atoms. The van der Waals surface area contributed by atoms with Gasteiger partial charge in [0.25, 0.3) is 0 Å². The Balaban J connectivity index is 3.27. The Labute approximate surface area is 93.6 Å². The third-order valence-electron chi connectivity index (χ3n) is 2.28. The number of benzene rings is 1. The minimum absolute atomic E-state index is 0.288. The van der Waals surface area contributed by atoms with Crippen molar-refractivity contribution >= 4 is 17.7 Å². The number of hydrogen-bond acceptors (Lipinski definition) is 3. The molecule has 0 aromatic heterocycles. The van der Waals surface area contributed by atoms with Crippen LogP contribution < -0.4 is 5.73 Å². The van der Waals surface area contributed by atoms with E-state index in [4.69, 9.17) is 16.1 Å². The maximum Gasteiger partial charge on any atom is 0.346 e. The smallest absolute Gasteiger partial charge is 0.346 e. The van der Waals surface area contributed by atoms with Gasteiger partial charge < -0.3 is 10.8 Å². The molecule has 0 saturated carbocycles. The molecule has 0 aliphatic rings. The first kappa shape index (κ1) is 11.8. The Kier molecular flexibility index (Phi) is 3.31. The van der Waals surface area contributed by atoms with Crippen LogP contribution in [0.4, 0.5) is 5.69 Å². The molecule has 16 heavy (non-hydrogen) atoms. The lowest BCUT2D eigenvalue weighted by molar-refractivity contribution is -0.132. The van der Waals surface area contributed by atoms with Gasteiger partial charge in [-0.05, 0) is 48.7 Å². The van der Waals surface area contributed by atoms with Crippen LogP contribution in [-0.2, 0) is 4.79 Å². The Morgan fingerprint density at radius 3 is 2.31 bits per heavy atom. The molecule has 3 N–H and O–H groups in total. The predicted octanol–water partition coefficient (Wildman–Crippen LogP) is 1.88. The molecular formula is C12H12N2O2. The van der Waals surface area contributed by atoms with Crippen LogP contribution in [0.3, 0.4) is 0 Å². The first-order valence-electron chi connectivity index (χ1n) is 4.67. The number of aliphatic carboxylic acids is 1. The zero-order valence-corrected chi connectivity index (χ0v) is 9.11. The second-order valence-corrected chi connectivity index (χ2v) is 3.54. The summed E-state index contributed by atoms with van der Waals surface area (Å²) < 4.78 is 0. The number of carboxylic acids is 1. The second-order valence-electron chi connectivity index (χ2n) is 3.54. The lowest BCUT2D eigenvalue weighted by atomic mass is 10.0. The normalized spacial score (nSPS) is 10.9. The van der Waals surface area contributed by atoms with Crippen LogP contribution in [0.15, 0.2) is 17.7 Å². The number of aryl methyl sites for hydroxylation is 2. The molecule has 4 heteroatoms. The number of nitrogens with zero attached hydrogens (tertiary/aromatic N) is 1. The fraction of sp³-hybridized carbons (Fsp3) is 0.167. The first-order chi connectivity index (χ1) is 7.45. The van der Waals surface area contributed by atoms with E-state index in [9.17, 15) is 4.79 Å². The Hall–Kier alpha value is -2.28. The van der Waals surface area contributed by atoms with E-state index < -0.39 is 5.97 Å². The number of carbonyl (C=O) groups is 1. The molecule has 1 aromatic rings. The van der Waals surface area contributed by atoms with Crippen molar-refractivity contribution in [3.63, 3.8) is 0 Å². The van der Waals surface area contributed by atoms with Crippen molar-refractivity contribution < 1.29 is 9.90 Å². The standard InChI is InChI=1S/C12H12N2O2/c1-7-3-9(4-8(2)11(7)14)5-10(6-13)12(15)16/h3-5H,14H2,1-2H3,(H,15,16). The molecule has 0 aliphatic carbocycles. The van der Waals surface area contributed by atoms with Crippen molar-refractivity contribution in [1.29, 1.82) is 5.26 Å². The van der Waals surface area contributed by atoms with E-state index in [1.165, 1.54) is 6.08 Å². The van der Waals surface area contributed by atoms with Gasteiger partial charge in [-0.3, -0.25) is 0 Å². The van der Waals surface area contributed by atoms with Gasteiger partial charge in [-0.15, -0.1) is 0 Å². The number of nitriles is 1. The van der Waals surface area contributed by atoms with Crippen LogP contribution >= 0.6 is 0 Å². The summed E-state index contributed by atoms with van der Waals surface area (Å²) >= 11 is 0. The molecule has 1 aromatic carbocycles. The first-order valence-corrected chi connectivity index (χ1v) is 4.67. The molecule has 0 fully saturated rings. The molecule has 82 valence electrons. The van der Waals surface area contributed by atoms with Crippen molar-refractivity contribution in [3.05, 3.63) is 34.4 Å². The zero-order valence-electron chi connectivity index (χ0n) is 9.11. The number of nitrogen functional groups attached to an aromatic ring is 1. The summed E-state index contributed by atoms with van der Waals surface area (Å²) in [6.45, 7) is 3.68. The molecule has 4 nitrogen and oxygen atoms in total. The van der Waals surface area contributed by atoms with Gasteiger partial charge in [0.05, 0.1) is 0 Å². The maximum absolute atomic E-state index is 10.7. The minimum atomic E-state index is -1.23. The van der Waals surface area contributed by atoms with Gasteiger partial charge in [-0.1, -0.05) is 0 Å². The largest absolute Gasteiger partial charge is 0.477 e. The van der Waals surface area contributed by atoms with E-state index in [0.717, 1.165) is 11.1 Å². The summed E-state index contributed by atoms with van der Waals surface area (Å²) in [5, 5.41) is 17.3. The summed E-state index contributed by atoms with van der Waals surface area (Å²) in [6.07, 6.45) is 1.34. The molecule has 0 aliphatic heterocycles. The van der Waals surface area contributed by atoms with Gasteiger partial charge in [0.15, 0.2) is 0 Å². The summed E-state index contributed by atoms with van der Waals surface area (Å²) in [4.78, 5) is 10.7. The van der Waals surface area contributed by atoms with Crippen LogP contribution in [0.5, 0.6) is 0 Å². The van der Waals surface area contributed by atoms with Gasteiger partial charge in [0.1, 0.15) is 11.6 Å². The highest BCUT2D eigenvalue weighted by Gasteiger charge is 2.07. The van der Waals surface area contributed by atoms with E-state index in [0.29, 0.717) is 11.3 Å². The molecule has 0 heterocycles. The van der Waals surface area contributed by atoms with Crippen LogP contribution in [0.1, 0.15) is 16.7 Å². The topological polar surface area (TPSA) is 87.1 Å². The highest BCUT2D eigenvalue weighted by molar-refractivity contribution is 5.96. The fourth-order valence-corrected chi connectivity index (χ4v) is 1.40. The molecule has 0 saturated heterocycles. The number of nitrogens with two attached hydrogens (primary N) is 1. The Bertz CT molecular complexity index is 487. The maximum atomic E-state index is 10.7. The number of hydrogen-bond donors (Lipinski definition) is 2. The monoisotopic (exact) mass is 216 g/mol. The number of anilines is 1. The number of carboxylic acid groups (broad SMARTS) is 1. The SMILES string of the molecule is Cc1cc(C=C(C#N)C(=O)O)cc(C)c1N. The minimum Gasteiger partial charge on any atom is -0.477 e. The molecule has 0 bridgehead atoms. The molecule has 0 unspecified atom stereocenters. The summed E-state index contributed by atoms with van der Waals surface area (Å²) in [5.74, 6) is -1.23. The van der Waals surface area contributed by atoms with Crippen LogP contribution in [0, 0.1) is 25.2 Å². The molecule has 1 rings (SSSR count). The highest BCUT2D eigenvalue weighted by Crippen LogP contribution is 2.20. The lowest BCUT2D eigenvalue weighted by Crippen LogP contribution is -1.98. The van der Waals surface area contributed by atoms with Gasteiger partial charge in [0.2, 0.25) is 0 Å². The van der Waals surface area contributed by atoms with Crippen LogP contribution in [-0.4, -0.2) is 11.1 Å². The third kappa shape index (κ3) is 2.39. The van der Waals surface area contributed by atoms with E-state index in [1.54, 1.807) is 18.2 Å². The molecule has 0 radical (unpaired) electrons. The van der Waals surface area contributed by atoms with E-state index >= 15 is 0 Å². The Morgan fingerprint density at radius 1 is 1.44 bits per heavy atom. The van der Waals surface area contributed by atoms with Crippen molar-refractivity contribution in [1.82, 2.24) is 0 Å². The van der Waals surface area contributed by atoms with E-state index in [1.807, 2.05) is 13.8 Å². The van der Waals surface area contributed by atoms with Crippen LogP contribution in [0.2, 0.25) is 0 Å². The molecular weight excluding hydrogens is 204 g/mol. The predicted molar refractivity (Wildman–Crippen MR) is 61.6 cm³/mol. The van der Waals surface area contributed by atoms with Crippen molar-refractivity contribution in [2.75, 3.05) is 5.73 Å². The van der Waals surface area contributed by atoms with Crippen molar-refractivity contribution in [2.24, 2.45) is 0 Å². The highest BCUT2D eigenvalue weighted by atomic mass is 16.4. The van der Waals surface area contributed by atoms with E-state index in [2.05, 4.69) is 0 Å². The summed E-state index contributed by atoms with van der Waals surface area (Å²) in [5.41, 5.74) is 8.58. The quantitative estimate of drug-likeness (QED) is 0.449. The zero-order chi connectivity index (χ0) is 12.3. The fourth-order valence-electron chi connectivity index (χ4n) is 1.40. The molecule has 0 amide bonds. The average Bonchev–Trinajstić information content (AvgIpc) is 2.21. The summed E-state index contributed by atoms with van der Waals surface area (Å²) in [7, 11) is 0. The third-order valence-corrected chi connectivity index (χ3v) is 2.28. The number of rotatable bonds is 2. The Morgan fingerprint density at radius 2 is 1.94 bits per heavy atom.